The fraction of sp³-hybridized carbons (Fsp3) is 0.375. The van der Waals surface area contributed by atoms with Crippen LogP contribution in [0, 0.1) is 6.92 Å². The number of carbonyl (C=O) groups is 1. The molecule has 0 spiro atoms. The van der Waals surface area contributed by atoms with Crippen molar-refractivity contribution < 1.29 is 4.79 Å². The van der Waals surface area contributed by atoms with Gasteiger partial charge in [0.05, 0.1) is 11.9 Å². The highest BCUT2D eigenvalue weighted by atomic mass is 32.1. The van der Waals surface area contributed by atoms with Gasteiger partial charge in [0.2, 0.25) is 0 Å². The van der Waals surface area contributed by atoms with E-state index >= 15 is 0 Å². The molecular formula is C8H11N3OS. The van der Waals surface area contributed by atoms with Gasteiger partial charge in [-0.25, -0.2) is 4.98 Å². The van der Waals surface area contributed by atoms with Crippen LogP contribution in [-0.4, -0.2) is 28.2 Å². The van der Waals surface area contributed by atoms with Crippen LogP contribution in [-0.2, 0) is 0 Å². The maximum atomic E-state index is 11.3. The molecule has 0 fully saturated rings. The number of hydrogen-bond acceptors (Lipinski definition) is 4. The van der Waals surface area contributed by atoms with Crippen molar-refractivity contribution in [1.82, 2.24) is 15.3 Å². The predicted molar refractivity (Wildman–Crippen MR) is 53.0 cm³/mol. The van der Waals surface area contributed by atoms with Gasteiger partial charge >= 0.3 is 0 Å². The van der Waals surface area contributed by atoms with Crippen LogP contribution in [0.4, 0.5) is 0 Å². The van der Waals surface area contributed by atoms with Crippen LogP contribution in [0.25, 0.3) is 0 Å². The molecule has 1 amide bonds. The number of aryl methyl sites for hydroxylation is 1. The Morgan fingerprint density at radius 1 is 1.54 bits per heavy atom. The van der Waals surface area contributed by atoms with Crippen LogP contribution in [0.5, 0.6) is 0 Å². The van der Waals surface area contributed by atoms with Gasteiger partial charge in [-0.2, -0.15) is 12.6 Å². The standard InChI is InChI=1S/C8H11N3OS/c1-6-4-11-7(5-10-6)8(12)9-2-3-13/h4-5,13H,2-3H2,1H3,(H,9,12). The quantitative estimate of drug-likeness (QED) is 0.691. The van der Waals surface area contributed by atoms with E-state index in [0.717, 1.165) is 5.69 Å². The average molecular weight is 197 g/mol. The van der Waals surface area contributed by atoms with Crippen molar-refractivity contribution >= 4 is 18.5 Å². The topological polar surface area (TPSA) is 54.9 Å². The summed E-state index contributed by atoms with van der Waals surface area (Å²) in [4.78, 5) is 19.2. The SMILES string of the molecule is Cc1cnc(C(=O)NCCS)cn1. The van der Waals surface area contributed by atoms with Gasteiger partial charge in [0.25, 0.3) is 5.91 Å². The molecular weight excluding hydrogens is 186 g/mol. The van der Waals surface area contributed by atoms with Crippen LogP contribution in [0.1, 0.15) is 16.2 Å². The van der Waals surface area contributed by atoms with Gasteiger partial charge in [-0.15, -0.1) is 0 Å². The molecule has 1 heterocycles. The molecule has 4 nitrogen and oxygen atoms in total. The number of thiol groups is 1. The first-order valence-corrected chi connectivity index (χ1v) is 4.55. The summed E-state index contributed by atoms with van der Waals surface area (Å²) in [7, 11) is 0. The third-order valence-electron chi connectivity index (χ3n) is 1.41. The predicted octanol–water partition coefficient (Wildman–Crippen LogP) is 0.445. The number of rotatable bonds is 3. The Labute approximate surface area is 82.2 Å². The van der Waals surface area contributed by atoms with Gasteiger partial charge in [0.1, 0.15) is 5.69 Å². The van der Waals surface area contributed by atoms with Gasteiger partial charge in [-0.1, -0.05) is 0 Å². The highest BCUT2D eigenvalue weighted by Gasteiger charge is 2.05. The van der Waals surface area contributed by atoms with Crippen molar-refractivity contribution in [1.29, 1.82) is 0 Å². The van der Waals surface area contributed by atoms with E-state index in [9.17, 15) is 4.79 Å². The summed E-state index contributed by atoms with van der Waals surface area (Å²) in [6.45, 7) is 2.36. The molecule has 0 saturated carbocycles. The zero-order chi connectivity index (χ0) is 9.68. The monoisotopic (exact) mass is 197 g/mol. The lowest BCUT2D eigenvalue weighted by atomic mass is 10.4. The highest BCUT2D eigenvalue weighted by Crippen LogP contribution is 1.93. The van der Waals surface area contributed by atoms with Crippen LogP contribution in [0.2, 0.25) is 0 Å². The molecule has 5 heteroatoms. The lowest BCUT2D eigenvalue weighted by molar-refractivity contribution is 0.0951. The summed E-state index contributed by atoms with van der Waals surface area (Å²) in [6, 6.07) is 0. The summed E-state index contributed by atoms with van der Waals surface area (Å²) in [5, 5.41) is 2.65. The van der Waals surface area contributed by atoms with Crippen molar-refractivity contribution in [3.8, 4) is 0 Å². The summed E-state index contributed by atoms with van der Waals surface area (Å²) >= 11 is 3.97. The lowest BCUT2D eigenvalue weighted by Gasteiger charge is -2.01. The maximum absolute atomic E-state index is 11.3. The van der Waals surface area contributed by atoms with Crippen LogP contribution < -0.4 is 5.32 Å². The minimum absolute atomic E-state index is 0.207. The summed E-state index contributed by atoms with van der Waals surface area (Å²) in [6.07, 6.45) is 3.03. The molecule has 0 aromatic carbocycles. The molecule has 0 atom stereocenters. The Morgan fingerprint density at radius 2 is 2.31 bits per heavy atom. The Hall–Kier alpha value is -1.10. The van der Waals surface area contributed by atoms with Gasteiger partial charge in [0, 0.05) is 18.5 Å². The van der Waals surface area contributed by atoms with Crippen LogP contribution >= 0.6 is 12.6 Å². The summed E-state index contributed by atoms with van der Waals surface area (Å²) in [5.41, 5.74) is 1.14. The van der Waals surface area contributed by atoms with E-state index in [1.54, 1.807) is 6.20 Å². The minimum atomic E-state index is -0.207. The largest absolute Gasteiger partial charge is 0.350 e. The van der Waals surface area contributed by atoms with Gasteiger partial charge in [-0.05, 0) is 6.92 Å². The zero-order valence-corrected chi connectivity index (χ0v) is 8.21. The number of carbonyl (C=O) groups excluding carboxylic acids is 1. The first-order chi connectivity index (χ1) is 6.24. The molecule has 0 radical (unpaired) electrons. The molecule has 13 heavy (non-hydrogen) atoms. The van der Waals surface area contributed by atoms with Crippen molar-refractivity contribution in [2.24, 2.45) is 0 Å². The van der Waals surface area contributed by atoms with E-state index in [1.165, 1.54) is 6.20 Å². The first-order valence-electron chi connectivity index (χ1n) is 3.91. The molecule has 0 unspecified atom stereocenters. The second-order valence-corrected chi connectivity index (χ2v) is 2.97. The summed E-state index contributed by atoms with van der Waals surface area (Å²) < 4.78 is 0. The third-order valence-corrected chi connectivity index (χ3v) is 1.63. The fourth-order valence-electron chi connectivity index (χ4n) is 0.770. The first kappa shape index (κ1) is 9.98. The minimum Gasteiger partial charge on any atom is -0.350 e. The highest BCUT2D eigenvalue weighted by molar-refractivity contribution is 7.80. The second-order valence-electron chi connectivity index (χ2n) is 2.52. The molecule has 1 aromatic heterocycles. The molecule has 1 rings (SSSR count). The number of nitrogens with one attached hydrogen (secondary N) is 1. The number of nitrogens with zero attached hydrogens (tertiary/aromatic N) is 2. The van der Waals surface area contributed by atoms with E-state index in [2.05, 4.69) is 27.9 Å². The van der Waals surface area contributed by atoms with E-state index in [4.69, 9.17) is 0 Å². The smallest absolute Gasteiger partial charge is 0.271 e. The molecule has 0 aliphatic rings. The molecule has 0 aliphatic carbocycles. The molecule has 0 saturated heterocycles. The number of amides is 1. The fourth-order valence-corrected chi connectivity index (χ4v) is 0.882. The zero-order valence-electron chi connectivity index (χ0n) is 7.32. The molecule has 1 aromatic rings. The van der Waals surface area contributed by atoms with Crippen molar-refractivity contribution in [3.63, 3.8) is 0 Å². The lowest BCUT2D eigenvalue weighted by Crippen LogP contribution is -2.26. The van der Waals surface area contributed by atoms with Crippen molar-refractivity contribution in [2.45, 2.75) is 6.92 Å². The molecule has 0 aliphatic heterocycles. The molecule has 0 bridgehead atoms. The van der Waals surface area contributed by atoms with E-state index in [0.29, 0.717) is 18.0 Å². The number of hydrogen-bond donors (Lipinski definition) is 2. The van der Waals surface area contributed by atoms with E-state index in [-0.39, 0.29) is 5.91 Å². The van der Waals surface area contributed by atoms with Crippen LogP contribution in [0.3, 0.4) is 0 Å². The average Bonchev–Trinajstić information content (AvgIpc) is 2.15. The van der Waals surface area contributed by atoms with Gasteiger partial charge in [0.15, 0.2) is 0 Å². The second kappa shape index (κ2) is 4.81. The van der Waals surface area contributed by atoms with Crippen LogP contribution in [0.15, 0.2) is 12.4 Å². The van der Waals surface area contributed by atoms with Gasteiger partial charge in [-0.3, -0.25) is 9.78 Å². The molecule has 70 valence electrons. The normalized spacial score (nSPS) is 9.69. The Kier molecular flexibility index (Phi) is 3.70. The summed E-state index contributed by atoms with van der Waals surface area (Å²) in [5.74, 6) is 0.409. The Morgan fingerprint density at radius 3 is 2.85 bits per heavy atom. The third kappa shape index (κ3) is 3.02. The number of aromatic nitrogens is 2. The van der Waals surface area contributed by atoms with Crippen molar-refractivity contribution in [2.75, 3.05) is 12.3 Å². The Balaban J connectivity index is 2.61. The maximum Gasteiger partial charge on any atom is 0.271 e. The van der Waals surface area contributed by atoms with Crippen molar-refractivity contribution in [3.05, 3.63) is 23.8 Å². The van der Waals surface area contributed by atoms with E-state index in [1.807, 2.05) is 6.92 Å². The molecule has 1 N–H and O–H groups in total. The van der Waals surface area contributed by atoms with E-state index < -0.39 is 0 Å². The van der Waals surface area contributed by atoms with Gasteiger partial charge < -0.3 is 5.32 Å². The Bertz CT molecular complexity index is 286.